The normalized spacial score (nSPS) is 15.1. The van der Waals surface area contributed by atoms with Crippen molar-refractivity contribution >= 4 is 0 Å². The molecule has 0 radical (unpaired) electrons. The lowest BCUT2D eigenvalue weighted by atomic mass is 9.96. The Morgan fingerprint density at radius 1 is 1.33 bits per heavy atom. The SMILES string of the molecule is C=CC(C/C=C/C(C)O)c1ccccc1. The van der Waals surface area contributed by atoms with Crippen LogP contribution in [0.1, 0.15) is 24.8 Å². The molecule has 15 heavy (non-hydrogen) atoms. The first-order chi connectivity index (χ1) is 7.24. The molecule has 2 atom stereocenters. The van der Waals surface area contributed by atoms with Gasteiger partial charge in [0, 0.05) is 5.92 Å². The first kappa shape index (κ1) is 11.7. The summed E-state index contributed by atoms with van der Waals surface area (Å²) in [6.45, 7) is 5.59. The monoisotopic (exact) mass is 202 g/mol. The van der Waals surface area contributed by atoms with Crippen LogP contribution in [0.15, 0.2) is 55.1 Å². The Hall–Kier alpha value is -1.34. The molecule has 0 amide bonds. The zero-order valence-electron chi connectivity index (χ0n) is 9.13. The molecular formula is C14H18O. The summed E-state index contributed by atoms with van der Waals surface area (Å²) < 4.78 is 0. The van der Waals surface area contributed by atoms with Crippen LogP contribution in [0, 0.1) is 0 Å². The highest BCUT2D eigenvalue weighted by molar-refractivity contribution is 5.23. The van der Waals surface area contributed by atoms with E-state index in [1.165, 1.54) is 5.56 Å². The van der Waals surface area contributed by atoms with Gasteiger partial charge in [0.25, 0.3) is 0 Å². The summed E-state index contributed by atoms with van der Waals surface area (Å²) in [7, 11) is 0. The fraction of sp³-hybridized carbons (Fsp3) is 0.286. The van der Waals surface area contributed by atoms with Gasteiger partial charge in [-0.05, 0) is 18.9 Å². The van der Waals surface area contributed by atoms with Gasteiger partial charge in [0.05, 0.1) is 6.10 Å². The summed E-state index contributed by atoms with van der Waals surface area (Å²) in [5, 5.41) is 9.10. The van der Waals surface area contributed by atoms with Crippen LogP contribution in [0.5, 0.6) is 0 Å². The fourth-order valence-electron chi connectivity index (χ4n) is 1.49. The van der Waals surface area contributed by atoms with Gasteiger partial charge in [0.1, 0.15) is 0 Å². The van der Waals surface area contributed by atoms with Gasteiger partial charge in [0.15, 0.2) is 0 Å². The van der Waals surface area contributed by atoms with E-state index in [9.17, 15) is 0 Å². The van der Waals surface area contributed by atoms with Crippen LogP contribution in [0.25, 0.3) is 0 Å². The van der Waals surface area contributed by atoms with E-state index in [4.69, 9.17) is 5.11 Å². The Morgan fingerprint density at radius 3 is 2.53 bits per heavy atom. The Kier molecular flexibility index (Phi) is 4.85. The molecule has 0 bridgehead atoms. The van der Waals surface area contributed by atoms with E-state index in [0.717, 1.165) is 6.42 Å². The van der Waals surface area contributed by atoms with Crippen LogP contribution in [0.2, 0.25) is 0 Å². The molecule has 0 spiro atoms. The maximum atomic E-state index is 9.10. The Balaban J connectivity index is 2.61. The minimum Gasteiger partial charge on any atom is -0.389 e. The van der Waals surface area contributed by atoms with Crippen LogP contribution in [0.4, 0.5) is 0 Å². The summed E-state index contributed by atoms with van der Waals surface area (Å²) in [6, 6.07) is 10.3. The second kappa shape index (κ2) is 6.20. The van der Waals surface area contributed by atoms with Crippen molar-refractivity contribution in [3.8, 4) is 0 Å². The molecule has 1 N–H and O–H groups in total. The maximum absolute atomic E-state index is 9.10. The average molecular weight is 202 g/mol. The van der Waals surface area contributed by atoms with Gasteiger partial charge in [-0.2, -0.15) is 0 Å². The van der Waals surface area contributed by atoms with Crippen molar-refractivity contribution < 1.29 is 5.11 Å². The number of hydrogen-bond donors (Lipinski definition) is 1. The van der Waals surface area contributed by atoms with Crippen LogP contribution >= 0.6 is 0 Å². The highest BCUT2D eigenvalue weighted by Crippen LogP contribution is 2.20. The topological polar surface area (TPSA) is 20.2 Å². The summed E-state index contributed by atoms with van der Waals surface area (Å²) in [5.74, 6) is 0.334. The molecule has 0 aromatic heterocycles. The lowest BCUT2D eigenvalue weighted by Crippen LogP contribution is -1.95. The summed E-state index contributed by atoms with van der Waals surface area (Å²) in [5.41, 5.74) is 1.27. The Bertz CT molecular complexity index is 311. The quantitative estimate of drug-likeness (QED) is 0.726. The Labute approximate surface area is 91.8 Å². The predicted octanol–water partition coefficient (Wildman–Crippen LogP) is 3.28. The zero-order chi connectivity index (χ0) is 11.1. The summed E-state index contributed by atoms with van der Waals surface area (Å²) in [4.78, 5) is 0. The van der Waals surface area contributed by atoms with Crippen LogP contribution < -0.4 is 0 Å². The second-order valence-corrected chi connectivity index (χ2v) is 3.66. The Morgan fingerprint density at radius 2 is 2.00 bits per heavy atom. The zero-order valence-corrected chi connectivity index (χ0v) is 9.13. The molecule has 1 rings (SSSR count). The molecule has 1 heteroatoms. The lowest BCUT2D eigenvalue weighted by molar-refractivity contribution is 0.244. The van der Waals surface area contributed by atoms with Gasteiger partial charge >= 0.3 is 0 Å². The van der Waals surface area contributed by atoms with E-state index in [0.29, 0.717) is 5.92 Å². The van der Waals surface area contributed by atoms with Gasteiger partial charge in [-0.3, -0.25) is 0 Å². The van der Waals surface area contributed by atoms with E-state index < -0.39 is 0 Å². The van der Waals surface area contributed by atoms with Gasteiger partial charge < -0.3 is 5.11 Å². The molecule has 0 saturated heterocycles. The minimum absolute atomic E-state index is 0.334. The third-order valence-electron chi connectivity index (χ3n) is 2.32. The number of benzene rings is 1. The standard InChI is InChI=1S/C14H18O/c1-3-13(11-7-8-12(2)15)14-9-5-4-6-10-14/h3-10,12-13,15H,1,11H2,2H3/b8-7+. The third-order valence-corrected chi connectivity index (χ3v) is 2.32. The highest BCUT2D eigenvalue weighted by Gasteiger charge is 2.03. The van der Waals surface area contributed by atoms with Crippen molar-refractivity contribution in [1.82, 2.24) is 0 Å². The molecule has 1 aromatic carbocycles. The lowest BCUT2D eigenvalue weighted by Gasteiger charge is -2.09. The molecule has 0 aliphatic rings. The third kappa shape index (κ3) is 4.13. The van der Waals surface area contributed by atoms with Gasteiger partial charge in [-0.15, -0.1) is 6.58 Å². The van der Waals surface area contributed by atoms with Crippen molar-refractivity contribution in [3.05, 3.63) is 60.7 Å². The molecule has 1 nitrogen and oxygen atoms in total. The molecule has 1 aromatic rings. The molecule has 0 saturated carbocycles. The van der Waals surface area contributed by atoms with Crippen molar-refractivity contribution in [3.63, 3.8) is 0 Å². The number of allylic oxidation sites excluding steroid dienone is 2. The van der Waals surface area contributed by atoms with Gasteiger partial charge in [0.2, 0.25) is 0 Å². The predicted molar refractivity (Wildman–Crippen MR) is 64.8 cm³/mol. The molecule has 80 valence electrons. The maximum Gasteiger partial charge on any atom is 0.0692 e. The van der Waals surface area contributed by atoms with Crippen LogP contribution in [0.3, 0.4) is 0 Å². The fourth-order valence-corrected chi connectivity index (χ4v) is 1.49. The van der Waals surface area contributed by atoms with Crippen molar-refractivity contribution in [2.45, 2.75) is 25.4 Å². The minimum atomic E-state index is -0.369. The first-order valence-electron chi connectivity index (χ1n) is 5.26. The second-order valence-electron chi connectivity index (χ2n) is 3.66. The van der Waals surface area contributed by atoms with Crippen molar-refractivity contribution in [2.75, 3.05) is 0 Å². The smallest absolute Gasteiger partial charge is 0.0692 e. The van der Waals surface area contributed by atoms with E-state index >= 15 is 0 Å². The number of rotatable bonds is 5. The van der Waals surface area contributed by atoms with Gasteiger partial charge in [-0.25, -0.2) is 0 Å². The largest absolute Gasteiger partial charge is 0.389 e. The molecule has 0 fully saturated rings. The van der Waals surface area contributed by atoms with E-state index in [2.05, 4.69) is 18.7 Å². The van der Waals surface area contributed by atoms with Crippen LogP contribution in [-0.4, -0.2) is 11.2 Å². The van der Waals surface area contributed by atoms with Crippen molar-refractivity contribution in [1.29, 1.82) is 0 Å². The highest BCUT2D eigenvalue weighted by atomic mass is 16.3. The number of aliphatic hydroxyl groups is 1. The molecule has 0 heterocycles. The van der Waals surface area contributed by atoms with Crippen molar-refractivity contribution in [2.24, 2.45) is 0 Å². The summed E-state index contributed by atoms with van der Waals surface area (Å²) in [6.07, 6.45) is 6.27. The number of aliphatic hydroxyl groups excluding tert-OH is 1. The molecular weight excluding hydrogens is 184 g/mol. The van der Waals surface area contributed by atoms with Crippen LogP contribution in [-0.2, 0) is 0 Å². The molecule has 0 aliphatic heterocycles. The molecule has 0 aliphatic carbocycles. The van der Waals surface area contributed by atoms with Gasteiger partial charge in [-0.1, -0.05) is 48.6 Å². The van der Waals surface area contributed by atoms with E-state index in [-0.39, 0.29) is 6.10 Å². The first-order valence-corrected chi connectivity index (χ1v) is 5.26. The van der Waals surface area contributed by atoms with E-state index in [1.807, 2.05) is 30.4 Å². The van der Waals surface area contributed by atoms with E-state index in [1.54, 1.807) is 13.0 Å². The summed E-state index contributed by atoms with van der Waals surface area (Å²) >= 11 is 0. The number of hydrogen-bond acceptors (Lipinski definition) is 1. The average Bonchev–Trinajstić information content (AvgIpc) is 2.25. The molecule has 2 unspecified atom stereocenters.